The fourth-order valence-corrected chi connectivity index (χ4v) is 5.05. The monoisotopic (exact) mass is 466 g/mol. The summed E-state index contributed by atoms with van der Waals surface area (Å²) >= 11 is 0. The quantitative estimate of drug-likeness (QED) is 0.481. The van der Waals surface area contributed by atoms with E-state index in [1.807, 2.05) is 48.5 Å². The van der Waals surface area contributed by atoms with E-state index in [1.54, 1.807) is 23.9 Å². The molecule has 8 heteroatoms. The predicted molar refractivity (Wildman–Crippen MR) is 125 cm³/mol. The smallest absolute Gasteiger partial charge is 0.138 e. The van der Waals surface area contributed by atoms with Crippen LogP contribution in [0.4, 0.5) is 0 Å². The van der Waals surface area contributed by atoms with Gasteiger partial charge >= 0.3 is 0 Å². The van der Waals surface area contributed by atoms with Gasteiger partial charge in [0.2, 0.25) is 0 Å². The Morgan fingerprint density at radius 1 is 1.15 bits per heavy atom. The maximum Gasteiger partial charge on any atom is 0.138 e. The highest BCUT2D eigenvalue weighted by atomic mass is 32.2. The summed E-state index contributed by atoms with van der Waals surface area (Å²) in [5, 5.41) is 29.1. The molecule has 1 saturated heterocycles. The predicted octanol–water partition coefficient (Wildman–Crippen LogP) is 2.06. The van der Waals surface area contributed by atoms with Crippen molar-refractivity contribution >= 4 is 10.8 Å². The Labute approximate surface area is 195 Å². The summed E-state index contributed by atoms with van der Waals surface area (Å²) in [4.78, 5) is 4.79. The molecule has 3 N–H and O–H groups in total. The molecule has 3 aromatic rings. The van der Waals surface area contributed by atoms with Gasteiger partial charge in [0.15, 0.2) is 0 Å². The number of aromatic nitrogens is 2. The minimum Gasteiger partial charge on any atom is -0.393 e. The van der Waals surface area contributed by atoms with Crippen molar-refractivity contribution in [2.45, 2.75) is 35.3 Å². The molecule has 1 fully saturated rings. The van der Waals surface area contributed by atoms with Crippen molar-refractivity contribution in [1.82, 2.24) is 9.55 Å². The number of aliphatic hydroxyl groups is 3. The summed E-state index contributed by atoms with van der Waals surface area (Å²) in [6, 6.07) is 14.7. The van der Waals surface area contributed by atoms with E-state index in [9.17, 15) is 19.5 Å². The molecule has 4 rings (SSSR count). The van der Waals surface area contributed by atoms with Crippen LogP contribution in [0, 0.1) is 11.8 Å². The highest BCUT2D eigenvalue weighted by Crippen LogP contribution is 2.24. The van der Waals surface area contributed by atoms with Gasteiger partial charge in [0.1, 0.15) is 18.0 Å². The second-order valence-corrected chi connectivity index (χ2v) is 9.55. The molecule has 0 unspecified atom stereocenters. The number of imidazole rings is 1. The number of hydrogen-bond donors (Lipinski definition) is 3. The lowest BCUT2D eigenvalue weighted by Gasteiger charge is -2.14. The lowest BCUT2D eigenvalue weighted by molar-refractivity contribution is 0.127. The van der Waals surface area contributed by atoms with Crippen LogP contribution in [0.1, 0.15) is 30.5 Å². The van der Waals surface area contributed by atoms with Crippen LogP contribution in [0.15, 0.2) is 65.8 Å². The number of hydrogen-bond acceptors (Lipinski definition) is 6. The molecule has 0 bridgehead atoms. The van der Waals surface area contributed by atoms with Crippen LogP contribution in [0.5, 0.6) is 0 Å². The minimum atomic E-state index is -1.32. The van der Waals surface area contributed by atoms with Gasteiger partial charge < -0.3 is 24.6 Å². The molecule has 0 aliphatic carbocycles. The summed E-state index contributed by atoms with van der Waals surface area (Å²) in [5.74, 6) is 6.57. The lowest BCUT2D eigenvalue weighted by atomic mass is 10.0. The molecule has 7 nitrogen and oxygen atoms in total. The number of nitrogens with zero attached hydrogens (tertiary/aromatic N) is 2. The molecule has 33 heavy (non-hydrogen) atoms. The first-order valence-corrected chi connectivity index (χ1v) is 11.9. The fourth-order valence-electron chi connectivity index (χ4n) is 3.71. The Kier molecular flexibility index (Phi) is 7.38. The van der Waals surface area contributed by atoms with E-state index >= 15 is 0 Å². The van der Waals surface area contributed by atoms with Crippen LogP contribution >= 0.6 is 0 Å². The van der Waals surface area contributed by atoms with Gasteiger partial charge in [0.25, 0.3) is 0 Å². The Morgan fingerprint density at radius 2 is 1.82 bits per heavy atom. The van der Waals surface area contributed by atoms with Gasteiger partial charge in [-0.1, -0.05) is 36.1 Å². The van der Waals surface area contributed by atoms with E-state index < -0.39 is 34.3 Å². The Morgan fingerprint density at radius 3 is 2.39 bits per heavy atom. The third-order valence-corrected chi connectivity index (χ3v) is 7.28. The van der Waals surface area contributed by atoms with Crippen LogP contribution < -0.4 is 0 Å². The average Bonchev–Trinajstić information content (AvgIpc) is 3.49. The van der Waals surface area contributed by atoms with Gasteiger partial charge in [-0.2, -0.15) is 0 Å². The van der Waals surface area contributed by atoms with Crippen LogP contribution in [-0.4, -0.2) is 60.3 Å². The highest BCUT2D eigenvalue weighted by molar-refractivity contribution is 7.85. The van der Waals surface area contributed by atoms with Gasteiger partial charge in [-0.15, -0.1) is 0 Å². The third kappa shape index (κ3) is 5.24. The average molecular weight is 467 g/mol. The van der Waals surface area contributed by atoms with E-state index in [2.05, 4.69) is 16.8 Å². The van der Waals surface area contributed by atoms with Crippen molar-refractivity contribution in [1.29, 1.82) is 0 Å². The van der Waals surface area contributed by atoms with Gasteiger partial charge in [0, 0.05) is 22.9 Å². The summed E-state index contributed by atoms with van der Waals surface area (Å²) in [7, 11) is -1.32. The van der Waals surface area contributed by atoms with Crippen molar-refractivity contribution in [3.8, 4) is 23.0 Å². The highest BCUT2D eigenvalue weighted by Gasteiger charge is 2.32. The molecule has 0 amide bonds. The molecule has 172 valence electrons. The maximum absolute atomic E-state index is 12.7. The number of benzene rings is 2. The first kappa shape index (κ1) is 23.4. The van der Waals surface area contributed by atoms with E-state index in [1.165, 1.54) is 0 Å². The summed E-state index contributed by atoms with van der Waals surface area (Å²) in [5.41, 5.74) is 2.77. The van der Waals surface area contributed by atoms with Crippen molar-refractivity contribution in [2.24, 2.45) is 0 Å². The zero-order valence-corrected chi connectivity index (χ0v) is 19.0. The number of aliphatic hydroxyl groups excluding tert-OH is 3. The van der Waals surface area contributed by atoms with Crippen molar-refractivity contribution in [3.05, 3.63) is 72.3 Å². The van der Waals surface area contributed by atoms with Crippen molar-refractivity contribution in [3.63, 3.8) is 0 Å². The molecule has 1 aliphatic heterocycles. The maximum atomic E-state index is 12.7. The lowest BCUT2D eigenvalue weighted by Crippen LogP contribution is -2.28. The Hall–Kier alpha value is -2.80. The molecule has 2 aromatic carbocycles. The molecule has 0 spiro atoms. The van der Waals surface area contributed by atoms with Gasteiger partial charge in [0.05, 0.1) is 42.0 Å². The van der Waals surface area contributed by atoms with Gasteiger partial charge in [-0.25, -0.2) is 4.98 Å². The zero-order valence-electron chi connectivity index (χ0n) is 18.2. The molecule has 0 radical (unpaired) electrons. The second-order valence-electron chi connectivity index (χ2n) is 7.88. The Balaban J connectivity index is 1.46. The molecule has 1 aromatic heterocycles. The van der Waals surface area contributed by atoms with Crippen LogP contribution in [0.2, 0.25) is 0 Å². The summed E-state index contributed by atoms with van der Waals surface area (Å²) < 4.78 is 19.5. The Bertz CT molecular complexity index is 1160. The van der Waals surface area contributed by atoms with E-state index in [0.717, 1.165) is 16.7 Å². The first-order valence-electron chi connectivity index (χ1n) is 10.7. The standard InChI is InChI=1S/C25H26N2O5S/c1-17(29)25-26-12-13-27(25)21(14-28)9-4-18-2-5-19(6-3-18)20-7-10-22(11-8-20)33(31)24-16-32-15-23(24)30/h2-3,5-8,10-13,17,21,23-24,28-30H,14-16H2,1H3/t17-,21-,23+,24+,33+/m0/s1. The van der Waals surface area contributed by atoms with Crippen LogP contribution in [0.3, 0.4) is 0 Å². The molecule has 1 aliphatic rings. The van der Waals surface area contributed by atoms with Gasteiger partial charge in [-0.3, -0.25) is 4.21 Å². The molecular formula is C25H26N2O5S. The largest absolute Gasteiger partial charge is 0.393 e. The first-order chi connectivity index (χ1) is 16.0. The SMILES string of the molecule is C[C@H](O)c1nccn1[C@@H](C#Cc1ccc(-c2ccc([S@@](=O)[C@@H]3COC[C@H]3O)cc2)cc1)CO. The third-order valence-electron chi connectivity index (χ3n) is 5.54. The molecular weight excluding hydrogens is 440 g/mol. The van der Waals surface area contributed by atoms with Crippen molar-refractivity contribution in [2.75, 3.05) is 19.8 Å². The van der Waals surface area contributed by atoms with Crippen LogP contribution in [0.25, 0.3) is 11.1 Å². The number of ether oxygens (including phenoxy) is 1. The molecule has 0 saturated carbocycles. The molecule has 5 atom stereocenters. The fraction of sp³-hybridized carbons (Fsp3) is 0.320. The van der Waals surface area contributed by atoms with Crippen molar-refractivity contribution < 1.29 is 24.3 Å². The van der Waals surface area contributed by atoms with E-state index in [0.29, 0.717) is 17.3 Å². The number of rotatable bonds is 6. The van der Waals surface area contributed by atoms with E-state index in [-0.39, 0.29) is 13.2 Å². The molecule has 2 heterocycles. The summed E-state index contributed by atoms with van der Waals surface area (Å²) in [6.45, 7) is 1.96. The van der Waals surface area contributed by atoms with Crippen LogP contribution in [-0.2, 0) is 15.5 Å². The van der Waals surface area contributed by atoms with Gasteiger partial charge in [-0.05, 0) is 42.3 Å². The second kappa shape index (κ2) is 10.4. The van der Waals surface area contributed by atoms with E-state index in [4.69, 9.17) is 4.74 Å². The minimum absolute atomic E-state index is 0.196. The zero-order chi connectivity index (χ0) is 23.4. The normalized spacial score (nSPS) is 20.6. The topological polar surface area (TPSA) is 105 Å². The summed E-state index contributed by atoms with van der Waals surface area (Å²) in [6.07, 6.45) is 1.82.